The summed E-state index contributed by atoms with van der Waals surface area (Å²) < 4.78 is 30.6. The number of benzene rings is 1. The lowest BCUT2D eigenvalue weighted by atomic mass is 10.1. The van der Waals surface area contributed by atoms with E-state index < -0.39 is 22.5 Å². The van der Waals surface area contributed by atoms with E-state index >= 15 is 0 Å². The largest absolute Gasteiger partial charge is 0.468 e. The van der Waals surface area contributed by atoms with Gasteiger partial charge in [-0.1, -0.05) is 0 Å². The van der Waals surface area contributed by atoms with Crippen LogP contribution in [0.15, 0.2) is 29.2 Å². The van der Waals surface area contributed by atoms with Crippen LogP contribution >= 0.6 is 0 Å². The molecular weight excluding hydrogens is 308 g/mol. The second kappa shape index (κ2) is 6.89. The lowest BCUT2D eigenvalue weighted by Crippen LogP contribution is -2.33. The lowest BCUT2D eigenvalue weighted by Gasteiger charge is -2.28. The molecule has 120 valence electrons. The SMILES string of the molecule is COC(=O)CNS(=O)(=O)c1ccc(N2CCC(=O)CC2)cc1. The van der Waals surface area contributed by atoms with Crippen LogP contribution in [-0.2, 0) is 24.3 Å². The van der Waals surface area contributed by atoms with Crippen LogP contribution in [0.1, 0.15) is 12.8 Å². The fourth-order valence-corrected chi connectivity index (χ4v) is 3.13. The van der Waals surface area contributed by atoms with Gasteiger partial charge in [-0.15, -0.1) is 0 Å². The average molecular weight is 326 g/mol. The van der Waals surface area contributed by atoms with Crippen LogP contribution in [0, 0.1) is 0 Å². The highest BCUT2D eigenvalue weighted by molar-refractivity contribution is 7.89. The second-order valence-corrected chi connectivity index (χ2v) is 6.69. The third-order valence-corrected chi connectivity index (χ3v) is 4.88. The van der Waals surface area contributed by atoms with Crippen molar-refractivity contribution in [3.05, 3.63) is 24.3 Å². The summed E-state index contributed by atoms with van der Waals surface area (Å²) in [5.41, 5.74) is 0.874. The number of Topliss-reactive ketones (excluding diaryl/α,β-unsaturated/α-hetero) is 1. The van der Waals surface area contributed by atoms with E-state index in [1.165, 1.54) is 19.2 Å². The number of esters is 1. The first-order valence-corrected chi connectivity index (χ1v) is 8.34. The van der Waals surface area contributed by atoms with Crippen LogP contribution in [0.25, 0.3) is 0 Å². The first-order valence-electron chi connectivity index (χ1n) is 6.85. The summed E-state index contributed by atoms with van der Waals surface area (Å²) in [6.07, 6.45) is 1.03. The standard InChI is InChI=1S/C14H18N2O5S/c1-21-14(18)10-15-22(19,20)13-4-2-11(3-5-13)16-8-6-12(17)7-9-16/h2-5,15H,6-10H2,1H3. The molecule has 0 bridgehead atoms. The molecule has 0 aliphatic carbocycles. The van der Waals surface area contributed by atoms with Crippen LogP contribution in [0.5, 0.6) is 0 Å². The molecule has 0 amide bonds. The highest BCUT2D eigenvalue weighted by Crippen LogP contribution is 2.20. The molecule has 0 saturated carbocycles. The molecule has 1 aromatic rings. The minimum atomic E-state index is -3.75. The summed E-state index contributed by atoms with van der Waals surface area (Å²) in [5.74, 6) is -0.402. The number of hydrogen-bond acceptors (Lipinski definition) is 6. The summed E-state index contributed by atoms with van der Waals surface area (Å²) >= 11 is 0. The molecule has 1 fully saturated rings. The number of rotatable bonds is 5. The maximum absolute atomic E-state index is 12.0. The summed E-state index contributed by atoms with van der Waals surface area (Å²) in [4.78, 5) is 24.3. The summed E-state index contributed by atoms with van der Waals surface area (Å²) in [6.45, 7) is 0.881. The van der Waals surface area contributed by atoms with Crippen LogP contribution in [-0.4, -0.2) is 46.9 Å². The Hall–Kier alpha value is -1.93. The third-order valence-electron chi connectivity index (χ3n) is 3.47. The van der Waals surface area contributed by atoms with E-state index in [9.17, 15) is 18.0 Å². The number of nitrogens with zero attached hydrogens (tertiary/aromatic N) is 1. The van der Waals surface area contributed by atoms with Crippen molar-refractivity contribution in [3.63, 3.8) is 0 Å². The van der Waals surface area contributed by atoms with Gasteiger partial charge in [0.1, 0.15) is 12.3 Å². The molecule has 0 radical (unpaired) electrons. The van der Waals surface area contributed by atoms with Crippen LogP contribution < -0.4 is 9.62 Å². The van der Waals surface area contributed by atoms with Gasteiger partial charge in [-0.2, -0.15) is 4.72 Å². The molecule has 1 aromatic carbocycles. The third kappa shape index (κ3) is 4.05. The molecule has 0 aromatic heterocycles. The van der Waals surface area contributed by atoms with Crippen LogP contribution in [0.4, 0.5) is 5.69 Å². The first-order chi connectivity index (χ1) is 10.4. The molecule has 0 spiro atoms. The number of carbonyl (C=O) groups excluding carboxylic acids is 2. The number of anilines is 1. The summed E-state index contributed by atoms with van der Waals surface area (Å²) in [7, 11) is -2.56. The predicted octanol–water partition coefficient (Wildman–Crippen LogP) is 0.307. The van der Waals surface area contributed by atoms with Crippen molar-refractivity contribution in [3.8, 4) is 0 Å². The Labute approximate surface area is 129 Å². The fraction of sp³-hybridized carbons (Fsp3) is 0.429. The van der Waals surface area contributed by atoms with Gasteiger partial charge in [0.25, 0.3) is 0 Å². The van der Waals surface area contributed by atoms with E-state index in [0.29, 0.717) is 25.9 Å². The van der Waals surface area contributed by atoms with E-state index in [2.05, 4.69) is 9.46 Å². The Morgan fingerprint density at radius 2 is 1.82 bits per heavy atom. The Morgan fingerprint density at radius 3 is 2.36 bits per heavy atom. The number of sulfonamides is 1. The molecule has 8 heteroatoms. The van der Waals surface area contributed by atoms with Crippen molar-refractivity contribution in [2.45, 2.75) is 17.7 Å². The highest BCUT2D eigenvalue weighted by Gasteiger charge is 2.19. The summed E-state index contributed by atoms with van der Waals surface area (Å²) in [5, 5.41) is 0. The van der Waals surface area contributed by atoms with Crippen molar-refractivity contribution in [1.82, 2.24) is 4.72 Å². The number of nitrogens with one attached hydrogen (secondary N) is 1. The van der Waals surface area contributed by atoms with Gasteiger partial charge in [-0.05, 0) is 24.3 Å². The monoisotopic (exact) mass is 326 g/mol. The number of hydrogen-bond donors (Lipinski definition) is 1. The molecule has 1 heterocycles. The second-order valence-electron chi connectivity index (χ2n) is 4.92. The van der Waals surface area contributed by atoms with Crippen molar-refractivity contribution in [2.75, 3.05) is 31.6 Å². The molecule has 0 unspecified atom stereocenters. The van der Waals surface area contributed by atoms with Gasteiger partial charge < -0.3 is 9.64 Å². The van der Waals surface area contributed by atoms with E-state index in [1.54, 1.807) is 12.1 Å². The Morgan fingerprint density at radius 1 is 1.23 bits per heavy atom. The molecule has 1 aliphatic rings. The van der Waals surface area contributed by atoms with Crippen molar-refractivity contribution in [2.24, 2.45) is 0 Å². The molecule has 7 nitrogen and oxygen atoms in total. The maximum Gasteiger partial charge on any atom is 0.320 e. The Kier molecular flexibility index (Phi) is 5.15. The van der Waals surface area contributed by atoms with E-state index in [4.69, 9.17) is 0 Å². The average Bonchev–Trinajstić information content (AvgIpc) is 2.53. The molecule has 1 saturated heterocycles. The molecule has 22 heavy (non-hydrogen) atoms. The van der Waals surface area contributed by atoms with Crippen molar-refractivity contribution in [1.29, 1.82) is 0 Å². The quantitative estimate of drug-likeness (QED) is 0.783. The normalized spacial score (nSPS) is 15.7. The van der Waals surface area contributed by atoms with Crippen molar-refractivity contribution >= 4 is 27.5 Å². The number of ketones is 1. The van der Waals surface area contributed by atoms with Crippen LogP contribution in [0.3, 0.4) is 0 Å². The van der Waals surface area contributed by atoms with E-state index in [1.807, 2.05) is 4.90 Å². The van der Waals surface area contributed by atoms with Gasteiger partial charge in [0.05, 0.1) is 12.0 Å². The molecule has 1 aliphatic heterocycles. The Bertz CT molecular complexity index is 644. The van der Waals surface area contributed by atoms with Gasteiger partial charge in [-0.3, -0.25) is 9.59 Å². The zero-order valence-corrected chi connectivity index (χ0v) is 13.1. The van der Waals surface area contributed by atoms with Gasteiger partial charge >= 0.3 is 5.97 Å². The predicted molar refractivity (Wildman–Crippen MR) is 80.1 cm³/mol. The van der Waals surface area contributed by atoms with Crippen LogP contribution in [0.2, 0.25) is 0 Å². The highest BCUT2D eigenvalue weighted by atomic mass is 32.2. The number of methoxy groups -OCH3 is 1. The van der Waals surface area contributed by atoms with E-state index in [0.717, 1.165) is 5.69 Å². The van der Waals surface area contributed by atoms with Gasteiger partial charge in [0, 0.05) is 31.6 Å². The minimum Gasteiger partial charge on any atom is -0.468 e. The molecular formula is C14H18N2O5S. The molecule has 2 rings (SSSR count). The van der Waals surface area contributed by atoms with Gasteiger partial charge in [0.2, 0.25) is 10.0 Å². The minimum absolute atomic E-state index is 0.0771. The summed E-state index contributed by atoms with van der Waals surface area (Å²) in [6, 6.07) is 6.35. The van der Waals surface area contributed by atoms with Gasteiger partial charge in [0.15, 0.2) is 0 Å². The van der Waals surface area contributed by atoms with E-state index in [-0.39, 0.29) is 10.7 Å². The maximum atomic E-state index is 12.0. The topological polar surface area (TPSA) is 92.8 Å². The number of ether oxygens (including phenoxy) is 1. The van der Waals surface area contributed by atoms with Gasteiger partial charge in [-0.25, -0.2) is 8.42 Å². The molecule has 1 N–H and O–H groups in total. The zero-order valence-electron chi connectivity index (χ0n) is 12.2. The molecule has 0 atom stereocenters. The first kappa shape index (κ1) is 16.4. The lowest BCUT2D eigenvalue weighted by molar-refractivity contribution is -0.139. The number of carbonyl (C=O) groups is 2. The Balaban J connectivity index is 2.04. The zero-order chi connectivity index (χ0) is 16.2. The number of piperidine rings is 1. The van der Waals surface area contributed by atoms with Crippen molar-refractivity contribution < 1.29 is 22.7 Å². The smallest absolute Gasteiger partial charge is 0.320 e. The fourth-order valence-electron chi connectivity index (χ4n) is 2.16.